The molecule has 2 N–H and O–H groups in total. The Morgan fingerprint density at radius 2 is 1.71 bits per heavy atom. The van der Waals surface area contributed by atoms with E-state index in [0.717, 1.165) is 43.2 Å². The molecule has 0 aromatic heterocycles. The lowest BCUT2D eigenvalue weighted by Crippen LogP contribution is -2.64. The van der Waals surface area contributed by atoms with Crippen LogP contribution in [0.4, 0.5) is 0 Å². The van der Waals surface area contributed by atoms with Crippen molar-refractivity contribution in [3.8, 4) is 0 Å². The Hall–Kier alpha value is -0.930. The van der Waals surface area contributed by atoms with Gasteiger partial charge in [0.25, 0.3) is 0 Å². The third-order valence-electron chi connectivity index (χ3n) is 10.2. The Morgan fingerprint density at radius 1 is 1.03 bits per heavy atom. The van der Waals surface area contributed by atoms with Crippen molar-refractivity contribution >= 4 is 17.2 Å². The van der Waals surface area contributed by atoms with Crippen LogP contribution in [0.1, 0.15) is 77.2 Å². The lowest BCUT2D eigenvalue weighted by molar-refractivity contribution is -0.0887. The molecule has 1 heterocycles. The van der Waals surface area contributed by atoms with E-state index in [1.54, 1.807) is 5.56 Å². The molecule has 1 aromatic carbocycles. The highest BCUT2D eigenvalue weighted by Crippen LogP contribution is 2.69. The van der Waals surface area contributed by atoms with Crippen LogP contribution in [-0.4, -0.2) is 29.0 Å². The quantitative estimate of drug-likeness (QED) is 0.593. The molecule has 0 spiro atoms. The molecule has 3 heteroatoms. The minimum absolute atomic E-state index is 0.149. The minimum Gasteiger partial charge on any atom is -0.365 e. The van der Waals surface area contributed by atoms with Crippen LogP contribution < -0.4 is 5.73 Å². The van der Waals surface area contributed by atoms with Gasteiger partial charge in [-0.25, -0.2) is 0 Å². The highest BCUT2D eigenvalue weighted by atomic mass is 32.1. The van der Waals surface area contributed by atoms with Crippen LogP contribution in [0.25, 0.3) is 0 Å². The highest BCUT2D eigenvalue weighted by Gasteiger charge is 2.63. The maximum Gasteiger partial charge on any atom is 0.0842 e. The Kier molecular flexibility index (Phi) is 4.69. The number of rotatable bonds is 4. The first-order chi connectivity index (χ1) is 14.8. The molecule has 0 radical (unpaired) electrons. The molecule has 1 aromatic rings. The van der Waals surface area contributed by atoms with Crippen molar-refractivity contribution in [3.05, 3.63) is 35.9 Å². The molecule has 168 valence electrons. The van der Waals surface area contributed by atoms with Gasteiger partial charge < -0.3 is 10.6 Å². The molecule has 4 bridgehead atoms. The summed E-state index contributed by atoms with van der Waals surface area (Å²) in [6, 6.07) is 11.8. The average Bonchev–Trinajstić information content (AvgIpc) is 3.57. The van der Waals surface area contributed by atoms with Gasteiger partial charge in [0.05, 0.1) is 4.99 Å². The van der Waals surface area contributed by atoms with E-state index in [1.807, 2.05) is 0 Å². The van der Waals surface area contributed by atoms with Gasteiger partial charge in [-0.15, -0.1) is 0 Å². The number of likely N-dealkylation sites (tertiary alicyclic amines) is 1. The summed E-state index contributed by atoms with van der Waals surface area (Å²) in [6.45, 7) is 6.77. The molecular formula is C28H40N2S. The fraction of sp³-hybridized carbons (Fsp3) is 0.750. The summed E-state index contributed by atoms with van der Waals surface area (Å²) >= 11 is 6.43. The highest BCUT2D eigenvalue weighted by molar-refractivity contribution is 7.80. The Morgan fingerprint density at radius 3 is 2.32 bits per heavy atom. The van der Waals surface area contributed by atoms with Crippen LogP contribution in [-0.2, 0) is 5.41 Å². The molecular weight excluding hydrogens is 396 g/mol. The number of benzene rings is 1. The Bertz CT molecular complexity index is 841. The number of nitrogens with two attached hydrogens (primary N) is 1. The van der Waals surface area contributed by atoms with Crippen LogP contribution in [0.3, 0.4) is 0 Å². The topological polar surface area (TPSA) is 29.3 Å². The molecule has 5 aliphatic carbocycles. The zero-order valence-corrected chi connectivity index (χ0v) is 20.3. The lowest BCUT2D eigenvalue weighted by atomic mass is 9.39. The summed E-state index contributed by atoms with van der Waals surface area (Å²) in [5, 5.41) is 0. The van der Waals surface area contributed by atoms with Gasteiger partial charge in [-0.3, -0.25) is 0 Å². The maximum absolute atomic E-state index is 6.48. The van der Waals surface area contributed by atoms with Crippen LogP contribution in [0.15, 0.2) is 30.3 Å². The predicted octanol–water partition coefficient (Wildman–Crippen LogP) is 5.94. The SMILES string of the molecule is CC1(C)CN(C(=S)C23CC4CC(c5ccccc5)(CC(C2)C4CC2CC2)C3)CC[C@@H]1N. The van der Waals surface area contributed by atoms with Crippen LogP contribution in [0.5, 0.6) is 0 Å². The van der Waals surface area contributed by atoms with Gasteiger partial charge in [0.15, 0.2) is 0 Å². The zero-order chi connectivity index (χ0) is 21.4. The van der Waals surface area contributed by atoms with Crippen molar-refractivity contribution in [2.24, 2.45) is 40.2 Å². The molecule has 6 fully saturated rings. The maximum atomic E-state index is 6.48. The van der Waals surface area contributed by atoms with Crippen LogP contribution >= 0.6 is 12.2 Å². The van der Waals surface area contributed by atoms with Crippen molar-refractivity contribution < 1.29 is 0 Å². The molecule has 2 unspecified atom stereocenters. The van der Waals surface area contributed by atoms with Gasteiger partial charge in [0.2, 0.25) is 0 Å². The number of nitrogens with zero attached hydrogens (tertiary/aromatic N) is 1. The summed E-state index contributed by atoms with van der Waals surface area (Å²) in [5.41, 5.74) is 8.83. The normalized spacial score (nSPS) is 43.3. The summed E-state index contributed by atoms with van der Waals surface area (Å²) in [4.78, 5) is 3.91. The average molecular weight is 437 g/mol. The first kappa shape index (κ1) is 20.7. The second-order valence-electron chi connectivity index (χ2n) is 12.9. The first-order valence-corrected chi connectivity index (χ1v) is 13.3. The third kappa shape index (κ3) is 3.32. The Labute approximate surface area is 194 Å². The monoisotopic (exact) mass is 436 g/mol. The second kappa shape index (κ2) is 7.03. The van der Waals surface area contributed by atoms with Crippen molar-refractivity contribution in [1.29, 1.82) is 0 Å². The molecule has 1 aliphatic heterocycles. The van der Waals surface area contributed by atoms with Crippen molar-refractivity contribution in [3.63, 3.8) is 0 Å². The van der Waals surface area contributed by atoms with Crippen molar-refractivity contribution in [1.82, 2.24) is 4.90 Å². The van der Waals surface area contributed by atoms with Gasteiger partial charge in [-0.1, -0.05) is 69.2 Å². The predicted molar refractivity (Wildman–Crippen MR) is 132 cm³/mol. The summed E-state index contributed by atoms with van der Waals surface area (Å²) < 4.78 is 0. The fourth-order valence-electron chi connectivity index (χ4n) is 8.63. The molecule has 3 atom stereocenters. The van der Waals surface area contributed by atoms with Crippen LogP contribution in [0.2, 0.25) is 0 Å². The number of piperidine rings is 1. The summed E-state index contributed by atoms with van der Waals surface area (Å²) in [6.07, 6.45) is 12.4. The number of thiocarbonyl (C=S) groups is 1. The van der Waals surface area contributed by atoms with Gasteiger partial charge in [0, 0.05) is 24.5 Å². The van der Waals surface area contributed by atoms with E-state index in [4.69, 9.17) is 18.0 Å². The molecule has 1 saturated heterocycles. The molecule has 0 amide bonds. The number of hydrogen-bond acceptors (Lipinski definition) is 2. The van der Waals surface area contributed by atoms with E-state index in [-0.39, 0.29) is 10.8 Å². The molecule has 2 nitrogen and oxygen atoms in total. The van der Waals surface area contributed by atoms with Gasteiger partial charge in [0.1, 0.15) is 0 Å². The fourth-order valence-corrected chi connectivity index (χ4v) is 9.03. The van der Waals surface area contributed by atoms with E-state index in [9.17, 15) is 0 Å². The molecule has 5 saturated carbocycles. The van der Waals surface area contributed by atoms with E-state index in [1.165, 1.54) is 56.4 Å². The molecule has 6 aliphatic rings. The van der Waals surface area contributed by atoms with E-state index in [0.29, 0.717) is 11.5 Å². The number of hydrogen-bond donors (Lipinski definition) is 1. The standard InChI is InChI=1S/C28H40N2S/c1-26(2)18-30(11-10-24(26)29)25(31)28-15-20-13-27(17-28,22-6-4-3-5-7-22)14-21(16-28)23(20)12-19-8-9-19/h3-7,19-21,23-24H,8-18,29H2,1-2H3/t20?,21?,23?,24-,27?,28?/m0/s1. The second-order valence-corrected chi connectivity index (χ2v) is 13.3. The summed E-state index contributed by atoms with van der Waals surface area (Å²) in [7, 11) is 0. The molecule has 31 heavy (non-hydrogen) atoms. The van der Waals surface area contributed by atoms with Crippen LogP contribution in [0, 0.1) is 34.5 Å². The first-order valence-electron chi connectivity index (χ1n) is 12.9. The van der Waals surface area contributed by atoms with Gasteiger partial charge in [-0.2, -0.15) is 0 Å². The minimum atomic E-state index is 0.149. The molecule has 7 rings (SSSR count). The Balaban J connectivity index is 1.34. The van der Waals surface area contributed by atoms with E-state index >= 15 is 0 Å². The van der Waals surface area contributed by atoms with Gasteiger partial charge >= 0.3 is 0 Å². The van der Waals surface area contributed by atoms with Crippen molar-refractivity contribution in [2.45, 2.75) is 83.1 Å². The van der Waals surface area contributed by atoms with E-state index in [2.05, 4.69) is 49.1 Å². The smallest absolute Gasteiger partial charge is 0.0842 e. The lowest BCUT2D eigenvalue weighted by Gasteiger charge is -2.66. The van der Waals surface area contributed by atoms with E-state index < -0.39 is 0 Å². The third-order valence-corrected chi connectivity index (χ3v) is 10.9. The summed E-state index contributed by atoms with van der Waals surface area (Å²) in [5.74, 6) is 3.76. The van der Waals surface area contributed by atoms with Gasteiger partial charge in [-0.05, 0) is 85.0 Å². The largest absolute Gasteiger partial charge is 0.365 e. The zero-order valence-electron chi connectivity index (χ0n) is 19.5. The van der Waals surface area contributed by atoms with Crippen molar-refractivity contribution in [2.75, 3.05) is 13.1 Å².